The van der Waals surface area contributed by atoms with Crippen molar-refractivity contribution in [2.24, 2.45) is 0 Å². The van der Waals surface area contributed by atoms with Crippen molar-refractivity contribution in [3.8, 4) is 5.75 Å². The highest BCUT2D eigenvalue weighted by Crippen LogP contribution is 2.22. The number of carbonyl (C=O) groups is 1. The lowest BCUT2D eigenvalue weighted by atomic mass is 9.94. The number of aliphatic hydroxyl groups is 1. The number of benzene rings is 1. The maximum Gasteiger partial charge on any atom is 0.226 e. The third-order valence-electron chi connectivity index (χ3n) is 4.10. The van der Waals surface area contributed by atoms with E-state index in [0.717, 1.165) is 11.3 Å². The van der Waals surface area contributed by atoms with Gasteiger partial charge in [-0.25, -0.2) is 0 Å². The van der Waals surface area contributed by atoms with Gasteiger partial charge in [0.2, 0.25) is 5.91 Å². The van der Waals surface area contributed by atoms with Gasteiger partial charge in [-0.2, -0.15) is 0 Å². The van der Waals surface area contributed by atoms with Crippen LogP contribution in [0.4, 0.5) is 0 Å². The summed E-state index contributed by atoms with van der Waals surface area (Å²) in [4.78, 5) is 13.9. The molecule has 0 spiro atoms. The molecule has 0 unspecified atom stereocenters. The maximum atomic E-state index is 12.1. The number of aryl methyl sites for hydroxylation is 2. The first-order valence-corrected chi connectivity index (χ1v) is 7.58. The van der Waals surface area contributed by atoms with Gasteiger partial charge in [-0.3, -0.25) is 4.79 Å². The third kappa shape index (κ3) is 4.46. The molecule has 2 rings (SSSR count). The predicted molar refractivity (Wildman–Crippen MR) is 82.5 cm³/mol. The van der Waals surface area contributed by atoms with Crippen LogP contribution in [0.3, 0.4) is 0 Å². The zero-order chi connectivity index (χ0) is 15.5. The lowest BCUT2D eigenvalue weighted by Crippen LogP contribution is -2.45. The van der Waals surface area contributed by atoms with E-state index in [0.29, 0.717) is 39.0 Å². The van der Waals surface area contributed by atoms with Crippen molar-refractivity contribution >= 4 is 5.91 Å². The van der Waals surface area contributed by atoms with E-state index in [1.54, 1.807) is 0 Å². The van der Waals surface area contributed by atoms with E-state index in [4.69, 9.17) is 4.74 Å². The third-order valence-corrected chi connectivity index (χ3v) is 4.10. The molecular weight excluding hydrogens is 266 g/mol. The maximum absolute atomic E-state index is 12.1. The molecule has 0 radical (unpaired) electrons. The molecule has 4 heteroatoms. The fourth-order valence-corrected chi connectivity index (χ4v) is 2.61. The van der Waals surface area contributed by atoms with Gasteiger partial charge in [0.15, 0.2) is 0 Å². The van der Waals surface area contributed by atoms with Gasteiger partial charge in [-0.05, 0) is 45.2 Å². The van der Waals surface area contributed by atoms with Crippen molar-refractivity contribution in [1.82, 2.24) is 4.90 Å². The lowest BCUT2D eigenvalue weighted by molar-refractivity contribution is -0.135. The van der Waals surface area contributed by atoms with Gasteiger partial charge in [0.05, 0.1) is 18.6 Å². The van der Waals surface area contributed by atoms with Gasteiger partial charge in [0.1, 0.15) is 5.75 Å². The molecule has 21 heavy (non-hydrogen) atoms. The average molecular weight is 291 g/mol. The fraction of sp³-hybridized carbons (Fsp3) is 0.588. The Morgan fingerprint density at radius 3 is 2.62 bits per heavy atom. The van der Waals surface area contributed by atoms with Crippen molar-refractivity contribution in [1.29, 1.82) is 0 Å². The van der Waals surface area contributed by atoms with Crippen LogP contribution in [-0.4, -0.2) is 41.2 Å². The summed E-state index contributed by atoms with van der Waals surface area (Å²) in [6.45, 7) is 7.56. The van der Waals surface area contributed by atoms with E-state index < -0.39 is 5.60 Å². The molecule has 1 aliphatic rings. The summed E-state index contributed by atoms with van der Waals surface area (Å²) in [5.74, 6) is 0.949. The van der Waals surface area contributed by atoms with Crippen LogP contribution in [0.2, 0.25) is 0 Å². The summed E-state index contributed by atoms with van der Waals surface area (Å²) >= 11 is 0. The van der Waals surface area contributed by atoms with Gasteiger partial charge < -0.3 is 14.7 Å². The topological polar surface area (TPSA) is 49.8 Å². The van der Waals surface area contributed by atoms with E-state index in [1.165, 1.54) is 5.56 Å². The smallest absolute Gasteiger partial charge is 0.226 e. The summed E-state index contributed by atoms with van der Waals surface area (Å²) in [6, 6.07) is 6.04. The Morgan fingerprint density at radius 2 is 2.00 bits per heavy atom. The molecule has 1 aromatic rings. The van der Waals surface area contributed by atoms with E-state index >= 15 is 0 Å². The Bertz CT molecular complexity index is 501. The van der Waals surface area contributed by atoms with Crippen LogP contribution in [-0.2, 0) is 4.79 Å². The van der Waals surface area contributed by atoms with Crippen LogP contribution in [0.15, 0.2) is 18.2 Å². The average Bonchev–Trinajstić information content (AvgIpc) is 2.41. The quantitative estimate of drug-likeness (QED) is 0.927. The Hall–Kier alpha value is -1.55. The highest BCUT2D eigenvalue weighted by molar-refractivity contribution is 5.76. The molecule has 0 bridgehead atoms. The Kier molecular flexibility index (Phi) is 4.88. The zero-order valence-electron chi connectivity index (χ0n) is 13.2. The monoisotopic (exact) mass is 291 g/mol. The molecule has 1 N–H and O–H groups in total. The molecule has 1 heterocycles. The molecule has 0 aromatic heterocycles. The lowest BCUT2D eigenvalue weighted by Gasteiger charge is -2.35. The fourth-order valence-electron chi connectivity index (χ4n) is 2.61. The van der Waals surface area contributed by atoms with Crippen molar-refractivity contribution in [3.63, 3.8) is 0 Å². The van der Waals surface area contributed by atoms with Crippen LogP contribution < -0.4 is 4.74 Å². The number of ether oxygens (including phenoxy) is 1. The normalized spacial score (nSPS) is 17.6. The second-order valence-corrected chi connectivity index (χ2v) is 6.25. The first kappa shape index (κ1) is 15.8. The Morgan fingerprint density at radius 1 is 1.33 bits per heavy atom. The van der Waals surface area contributed by atoms with Crippen LogP contribution in [0.1, 0.15) is 37.3 Å². The SMILES string of the molecule is Cc1ccc(OCCC(=O)N2CCC(C)(O)CC2)c(C)c1. The summed E-state index contributed by atoms with van der Waals surface area (Å²) < 4.78 is 5.70. The summed E-state index contributed by atoms with van der Waals surface area (Å²) in [6.07, 6.45) is 1.68. The number of rotatable bonds is 4. The number of hydrogen-bond acceptors (Lipinski definition) is 3. The largest absolute Gasteiger partial charge is 0.493 e. The number of carbonyl (C=O) groups excluding carboxylic acids is 1. The molecule has 4 nitrogen and oxygen atoms in total. The van der Waals surface area contributed by atoms with Crippen molar-refractivity contribution in [2.45, 2.75) is 45.6 Å². The minimum Gasteiger partial charge on any atom is -0.493 e. The number of hydrogen-bond donors (Lipinski definition) is 1. The number of amides is 1. The number of likely N-dealkylation sites (tertiary alicyclic amines) is 1. The van der Waals surface area contributed by atoms with Gasteiger partial charge in [-0.1, -0.05) is 17.7 Å². The molecule has 0 atom stereocenters. The minimum absolute atomic E-state index is 0.107. The Labute approximate surface area is 126 Å². The summed E-state index contributed by atoms with van der Waals surface area (Å²) in [5, 5.41) is 9.89. The number of nitrogens with zero attached hydrogens (tertiary/aromatic N) is 1. The Balaban J connectivity index is 1.77. The molecule has 0 saturated carbocycles. The second-order valence-electron chi connectivity index (χ2n) is 6.25. The van der Waals surface area contributed by atoms with E-state index in [-0.39, 0.29) is 5.91 Å². The molecule has 1 fully saturated rings. The molecule has 116 valence electrons. The van der Waals surface area contributed by atoms with Crippen LogP contribution in [0, 0.1) is 13.8 Å². The predicted octanol–water partition coefficient (Wildman–Crippen LogP) is 2.45. The molecule has 1 amide bonds. The van der Waals surface area contributed by atoms with Gasteiger partial charge >= 0.3 is 0 Å². The van der Waals surface area contributed by atoms with Crippen LogP contribution >= 0.6 is 0 Å². The van der Waals surface area contributed by atoms with Crippen LogP contribution in [0.5, 0.6) is 5.75 Å². The molecular formula is C17H25NO3. The highest BCUT2D eigenvalue weighted by Gasteiger charge is 2.29. The van der Waals surface area contributed by atoms with Gasteiger partial charge in [0.25, 0.3) is 0 Å². The van der Waals surface area contributed by atoms with Gasteiger partial charge in [0, 0.05) is 13.1 Å². The van der Waals surface area contributed by atoms with E-state index in [1.807, 2.05) is 37.8 Å². The van der Waals surface area contributed by atoms with Crippen LogP contribution in [0.25, 0.3) is 0 Å². The van der Waals surface area contributed by atoms with Gasteiger partial charge in [-0.15, -0.1) is 0 Å². The number of piperidine rings is 1. The standard InChI is InChI=1S/C17H25NO3/c1-13-4-5-15(14(2)12-13)21-11-6-16(19)18-9-7-17(3,20)8-10-18/h4-5,12,20H,6-11H2,1-3H3. The van der Waals surface area contributed by atoms with Crippen molar-refractivity contribution in [2.75, 3.05) is 19.7 Å². The first-order valence-electron chi connectivity index (χ1n) is 7.58. The summed E-state index contributed by atoms with van der Waals surface area (Å²) in [5.41, 5.74) is 1.68. The molecule has 1 aliphatic heterocycles. The second kappa shape index (κ2) is 6.48. The van der Waals surface area contributed by atoms with Crippen molar-refractivity contribution in [3.05, 3.63) is 29.3 Å². The van der Waals surface area contributed by atoms with E-state index in [9.17, 15) is 9.90 Å². The first-order chi connectivity index (χ1) is 9.87. The minimum atomic E-state index is -0.619. The molecule has 1 aromatic carbocycles. The zero-order valence-corrected chi connectivity index (χ0v) is 13.2. The van der Waals surface area contributed by atoms with Crippen molar-refractivity contribution < 1.29 is 14.6 Å². The molecule has 0 aliphatic carbocycles. The summed E-state index contributed by atoms with van der Waals surface area (Å²) in [7, 11) is 0. The highest BCUT2D eigenvalue weighted by atomic mass is 16.5. The molecule has 1 saturated heterocycles. The van der Waals surface area contributed by atoms with E-state index in [2.05, 4.69) is 6.07 Å².